The maximum Gasteiger partial charge on any atom is 0.490 e. The van der Waals surface area contributed by atoms with Gasteiger partial charge in [0, 0.05) is 17.8 Å². The molecular weight excluding hydrogens is 464 g/mol. The van der Waals surface area contributed by atoms with Gasteiger partial charge in [-0.3, -0.25) is 9.69 Å². The van der Waals surface area contributed by atoms with Crippen LogP contribution in [0.4, 0.5) is 23.2 Å². The number of carbonyl (C=O) groups is 2. The lowest BCUT2D eigenvalue weighted by Crippen LogP contribution is -2.21. The van der Waals surface area contributed by atoms with Crippen LogP contribution in [0.15, 0.2) is 72.8 Å². The fraction of sp³-hybridized carbons (Fsp3) is 0.231. The van der Waals surface area contributed by atoms with Gasteiger partial charge in [-0.15, -0.1) is 0 Å². The number of anilines is 1. The van der Waals surface area contributed by atoms with E-state index in [2.05, 4.69) is 34.5 Å². The molecule has 0 bridgehead atoms. The first-order valence-electron chi connectivity index (χ1n) is 10.9. The molecule has 1 amide bonds. The van der Waals surface area contributed by atoms with E-state index in [1.54, 1.807) is 6.07 Å². The van der Waals surface area contributed by atoms with Crippen LogP contribution in [-0.2, 0) is 11.3 Å². The van der Waals surface area contributed by atoms with Gasteiger partial charge in [0.15, 0.2) is 0 Å². The molecule has 0 atom stereocenters. The molecule has 3 aromatic rings. The number of benzene rings is 3. The summed E-state index contributed by atoms with van der Waals surface area (Å²) in [6.45, 7) is 3.38. The number of hydrogen-bond donors (Lipinski definition) is 2. The minimum absolute atomic E-state index is 0.302. The quantitative estimate of drug-likeness (QED) is 0.434. The first-order chi connectivity index (χ1) is 16.6. The number of alkyl halides is 3. The second kappa shape index (κ2) is 11.6. The fourth-order valence-electron chi connectivity index (χ4n) is 3.61. The lowest BCUT2D eigenvalue weighted by atomic mass is 10.0. The Morgan fingerprint density at radius 1 is 0.886 bits per heavy atom. The van der Waals surface area contributed by atoms with E-state index < -0.39 is 18.0 Å². The third kappa shape index (κ3) is 7.92. The molecule has 1 saturated heterocycles. The van der Waals surface area contributed by atoms with Crippen LogP contribution in [0.25, 0.3) is 11.1 Å². The predicted molar refractivity (Wildman–Crippen MR) is 124 cm³/mol. The summed E-state index contributed by atoms with van der Waals surface area (Å²) in [7, 11) is 0. The molecule has 2 N–H and O–H groups in total. The van der Waals surface area contributed by atoms with E-state index in [4.69, 9.17) is 9.90 Å². The Morgan fingerprint density at radius 2 is 1.51 bits per heavy atom. The number of aliphatic carboxylic acids is 1. The van der Waals surface area contributed by atoms with Gasteiger partial charge < -0.3 is 10.4 Å². The molecule has 184 valence electrons. The summed E-state index contributed by atoms with van der Waals surface area (Å²) in [5.41, 5.74) is 4.45. The first kappa shape index (κ1) is 25.9. The third-order valence-electron chi connectivity index (χ3n) is 5.34. The zero-order valence-corrected chi connectivity index (χ0v) is 18.7. The zero-order valence-electron chi connectivity index (χ0n) is 18.7. The van der Waals surface area contributed by atoms with Gasteiger partial charge in [-0.1, -0.05) is 42.5 Å². The molecule has 35 heavy (non-hydrogen) atoms. The Morgan fingerprint density at radius 3 is 2.11 bits per heavy atom. The summed E-state index contributed by atoms with van der Waals surface area (Å²) in [6, 6.07) is 22.0. The van der Waals surface area contributed by atoms with Crippen molar-refractivity contribution in [1.29, 1.82) is 0 Å². The van der Waals surface area contributed by atoms with Crippen LogP contribution in [-0.4, -0.2) is 41.1 Å². The lowest BCUT2D eigenvalue weighted by molar-refractivity contribution is -0.192. The number of amides is 1. The van der Waals surface area contributed by atoms with Gasteiger partial charge in [-0.25, -0.2) is 9.18 Å². The summed E-state index contributed by atoms with van der Waals surface area (Å²) in [6.07, 6.45) is -2.49. The summed E-state index contributed by atoms with van der Waals surface area (Å²) < 4.78 is 45.1. The van der Waals surface area contributed by atoms with Crippen molar-refractivity contribution in [2.24, 2.45) is 0 Å². The van der Waals surface area contributed by atoms with Gasteiger partial charge in [0.2, 0.25) is 0 Å². The number of rotatable bonds is 5. The number of carboxylic acid groups (broad SMARTS) is 1. The molecule has 0 aromatic heterocycles. The molecule has 0 radical (unpaired) electrons. The first-order valence-corrected chi connectivity index (χ1v) is 10.9. The van der Waals surface area contributed by atoms with E-state index in [1.807, 2.05) is 24.3 Å². The van der Waals surface area contributed by atoms with Gasteiger partial charge in [0.25, 0.3) is 5.91 Å². The molecule has 1 aliphatic rings. The van der Waals surface area contributed by atoms with Gasteiger partial charge in [0.05, 0.1) is 0 Å². The maximum atomic E-state index is 13.3. The molecule has 0 spiro atoms. The predicted octanol–water partition coefficient (Wildman–Crippen LogP) is 5.97. The number of halogens is 4. The van der Waals surface area contributed by atoms with Crippen molar-refractivity contribution in [3.63, 3.8) is 0 Å². The van der Waals surface area contributed by atoms with Crippen LogP contribution in [0.5, 0.6) is 0 Å². The Hall–Kier alpha value is -3.72. The maximum absolute atomic E-state index is 13.3. The topological polar surface area (TPSA) is 69.6 Å². The Bertz CT molecular complexity index is 1160. The van der Waals surface area contributed by atoms with Crippen LogP contribution < -0.4 is 5.32 Å². The largest absolute Gasteiger partial charge is 0.490 e. The Labute approximate surface area is 200 Å². The van der Waals surface area contributed by atoms with E-state index in [9.17, 15) is 22.4 Å². The molecule has 0 unspecified atom stereocenters. The molecule has 3 aromatic carbocycles. The second-order valence-corrected chi connectivity index (χ2v) is 8.03. The standard InChI is InChI=1S/C24H23FN2O.C2HF3O2/c25-22-7-3-6-21(15-22)24(28)26-23-8-4-5-20(16-23)19-11-9-18(10-12-19)17-27-13-1-2-14-27;3-2(4,5)1(6)7/h3-12,15-16H,1-2,13-14,17H2,(H,26,28);(H,6,7). The molecule has 0 saturated carbocycles. The van der Waals surface area contributed by atoms with Crippen molar-refractivity contribution >= 4 is 17.6 Å². The Balaban J connectivity index is 0.000000429. The average Bonchev–Trinajstić information content (AvgIpc) is 3.33. The number of hydrogen-bond acceptors (Lipinski definition) is 3. The van der Waals surface area contributed by atoms with E-state index in [-0.39, 0.29) is 5.91 Å². The number of nitrogens with zero attached hydrogens (tertiary/aromatic N) is 1. The van der Waals surface area contributed by atoms with Crippen molar-refractivity contribution in [2.75, 3.05) is 18.4 Å². The fourth-order valence-corrected chi connectivity index (χ4v) is 3.61. The van der Waals surface area contributed by atoms with Gasteiger partial charge in [-0.2, -0.15) is 13.2 Å². The second-order valence-electron chi connectivity index (χ2n) is 8.03. The highest BCUT2D eigenvalue weighted by molar-refractivity contribution is 6.04. The van der Waals surface area contributed by atoms with Crippen molar-refractivity contribution in [1.82, 2.24) is 4.90 Å². The summed E-state index contributed by atoms with van der Waals surface area (Å²) in [5, 5.41) is 9.97. The van der Waals surface area contributed by atoms with Crippen molar-refractivity contribution in [2.45, 2.75) is 25.6 Å². The minimum Gasteiger partial charge on any atom is -0.475 e. The van der Waals surface area contributed by atoms with Crippen LogP contribution in [0.1, 0.15) is 28.8 Å². The number of likely N-dealkylation sites (tertiary alicyclic amines) is 1. The molecule has 1 fully saturated rings. The van der Waals surface area contributed by atoms with Crippen LogP contribution >= 0.6 is 0 Å². The molecular formula is C26H24F4N2O3. The van der Waals surface area contributed by atoms with Gasteiger partial charge >= 0.3 is 12.1 Å². The number of carbonyl (C=O) groups excluding carboxylic acids is 1. The zero-order chi connectivity index (χ0) is 25.4. The summed E-state index contributed by atoms with van der Waals surface area (Å²) in [5.74, 6) is -3.50. The SMILES string of the molecule is O=C(Nc1cccc(-c2ccc(CN3CCCC3)cc2)c1)c1cccc(F)c1.O=C(O)C(F)(F)F. The van der Waals surface area contributed by atoms with Crippen molar-refractivity contribution < 1.29 is 32.3 Å². The molecule has 1 aliphatic heterocycles. The van der Waals surface area contributed by atoms with Crippen LogP contribution in [0.2, 0.25) is 0 Å². The summed E-state index contributed by atoms with van der Waals surface area (Å²) in [4.78, 5) is 23.7. The highest BCUT2D eigenvalue weighted by Crippen LogP contribution is 2.24. The number of carboxylic acids is 1. The van der Waals surface area contributed by atoms with E-state index in [0.717, 1.165) is 17.7 Å². The van der Waals surface area contributed by atoms with Crippen molar-refractivity contribution in [3.8, 4) is 11.1 Å². The molecule has 0 aliphatic carbocycles. The third-order valence-corrected chi connectivity index (χ3v) is 5.34. The normalized spacial score (nSPS) is 13.6. The van der Waals surface area contributed by atoms with E-state index in [1.165, 1.54) is 49.7 Å². The Kier molecular flexibility index (Phi) is 8.59. The lowest BCUT2D eigenvalue weighted by Gasteiger charge is -2.15. The summed E-state index contributed by atoms with van der Waals surface area (Å²) >= 11 is 0. The monoisotopic (exact) mass is 488 g/mol. The highest BCUT2D eigenvalue weighted by Gasteiger charge is 2.38. The van der Waals surface area contributed by atoms with Gasteiger partial charge in [-0.05, 0) is 73.0 Å². The van der Waals surface area contributed by atoms with Crippen molar-refractivity contribution in [3.05, 3.63) is 89.7 Å². The molecule has 1 heterocycles. The molecule has 9 heteroatoms. The highest BCUT2D eigenvalue weighted by atomic mass is 19.4. The molecule has 4 rings (SSSR count). The number of nitrogens with one attached hydrogen (secondary N) is 1. The minimum atomic E-state index is -5.08. The average molecular weight is 488 g/mol. The smallest absolute Gasteiger partial charge is 0.475 e. The molecule has 5 nitrogen and oxygen atoms in total. The van der Waals surface area contributed by atoms with E-state index in [0.29, 0.717) is 11.3 Å². The van der Waals surface area contributed by atoms with Crippen LogP contribution in [0.3, 0.4) is 0 Å². The van der Waals surface area contributed by atoms with Crippen LogP contribution in [0, 0.1) is 5.82 Å². The van der Waals surface area contributed by atoms with E-state index >= 15 is 0 Å². The van der Waals surface area contributed by atoms with Gasteiger partial charge in [0.1, 0.15) is 5.82 Å².